The molecule has 0 radical (unpaired) electrons. The number of carbonyl (C=O) groups is 1. The zero-order chi connectivity index (χ0) is 11.3. The average Bonchev–Trinajstić information content (AvgIpc) is 2.18. The van der Waals surface area contributed by atoms with Crippen LogP contribution in [0.3, 0.4) is 0 Å². The third-order valence-electron chi connectivity index (χ3n) is 2.59. The van der Waals surface area contributed by atoms with Gasteiger partial charge in [-0.1, -0.05) is 19.1 Å². The number of piperazine rings is 1. The number of thiocarbonyl (C=S) groups is 1. The molecule has 15 heavy (non-hydrogen) atoms. The fraction of sp³-hybridized carbons (Fsp3) is 0.800. The minimum Gasteiger partial charge on any atom is -0.393 e. The van der Waals surface area contributed by atoms with Crippen LogP contribution in [0.15, 0.2) is 0 Å². The van der Waals surface area contributed by atoms with Crippen LogP contribution in [-0.4, -0.2) is 53.4 Å². The van der Waals surface area contributed by atoms with Gasteiger partial charge in [0.05, 0.1) is 11.4 Å². The molecule has 0 bridgehead atoms. The highest BCUT2D eigenvalue weighted by molar-refractivity contribution is 7.80. The Morgan fingerprint density at radius 1 is 1.33 bits per heavy atom. The predicted molar refractivity (Wildman–Crippen MR) is 64.7 cm³/mol. The monoisotopic (exact) mass is 229 g/mol. The van der Waals surface area contributed by atoms with E-state index in [-0.39, 0.29) is 17.3 Å². The molecule has 1 amide bonds. The van der Waals surface area contributed by atoms with Gasteiger partial charge in [0.1, 0.15) is 0 Å². The first-order valence-electron chi connectivity index (χ1n) is 5.42. The van der Waals surface area contributed by atoms with Gasteiger partial charge in [0.25, 0.3) is 0 Å². The number of carbonyl (C=O) groups excluding carboxylic acids is 1. The van der Waals surface area contributed by atoms with Gasteiger partial charge in [-0.3, -0.25) is 9.69 Å². The molecule has 4 nitrogen and oxygen atoms in total. The van der Waals surface area contributed by atoms with E-state index in [1.54, 1.807) is 0 Å². The van der Waals surface area contributed by atoms with Crippen LogP contribution in [0.2, 0.25) is 0 Å². The zero-order valence-corrected chi connectivity index (χ0v) is 10.1. The quantitative estimate of drug-likeness (QED) is 0.701. The highest BCUT2D eigenvalue weighted by Crippen LogP contribution is 2.04. The van der Waals surface area contributed by atoms with Crippen molar-refractivity contribution in [2.24, 2.45) is 5.73 Å². The van der Waals surface area contributed by atoms with Crippen LogP contribution in [0.5, 0.6) is 0 Å². The molecule has 1 fully saturated rings. The SMILES string of the molecule is CCCN1CCN(C(=O)CC(N)=S)CC1. The molecule has 0 unspecified atom stereocenters. The Morgan fingerprint density at radius 2 is 1.93 bits per heavy atom. The van der Waals surface area contributed by atoms with Gasteiger partial charge in [-0.25, -0.2) is 0 Å². The summed E-state index contributed by atoms with van der Waals surface area (Å²) in [5, 5.41) is 0. The van der Waals surface area contributed by atoms with E-state index < -0.39 is 0 Å². The van der Waals surface area contributed by atoms with E-state index in [0.29, 0.717) is 0 Å². The Hall–Kier alpha value is -0.680. The Balaban J connectivity index is 2.30. The Bertz CT molecular complexity index is 237. The summed E-state index contributed by atoms with van der Waals surface area (Å²) in [5.41, 5.74) is 5.35. The lowest BCUT2D eigenvalue weighted by atomic mass is 10.2. The molecule has 0 aromatic carbocycles. The second-order valence-corrected chi connectivity index (χ2v) is 4.39. The normalized spacial score (nSPS) is 17.8. The molecule has 0 saturated carbocycles. The summed E-state index contributed by atoms with van der Waals surface area (Å²) < 4.78 is 0. The van der Waals surface area contributed by atoms with E-state index in [0.717, 1.165) is 32.7 Å². The van der Waals surface area contributed by atoms with Gasteiger partial charge in [0.15, 0.2) is 0 Å². The summed E-state index contributed by atoms with van der Waals surface area (Å²) in [6.07, 6.45) is 1.38. The molecule has 2 N–H and O–H groups in total. The second-order valence-electron chi connectivity index (χ2n) is 3.87. The lowest BCUT2D eigenvalue weighted by Crippen LogP contribution is -2.49. The predicted octanol–water partition coefficient (Wildman–Crippen LogP) is 0.217. The standard InChI is InChI=1S/C10H19N3OS/c1-2-3-12-4-6-13(7-5-12)10(14)8-9(11)15/h2-8H2,1H3,(H2,11,15). The molecule has 0 aliphatic carbocycles. The van der Waals surface area contributed by atoms with Gasteiger partial charge in [0.2, 0.25) is 5.91 Å². The van der Waals surface area contributed by atoms with Crippen LogP contribution in [0, 0.1) is 0 Å². The number of amides is 1. The lowest BCUT2D eigenvalue weighted by molar-refractivity contribution is -0.131. The third kappa shape index (κ3) is 4.13. The van der Waals surface area contributed by atoms with Crippen LogP contribution in [0.4, 0.5) is 0 Å². The molecule has 0 atom stereocenters. The molecular weight excluding hydrogens is 210 g/mol. The molecule has 86 valence electrons. The van der Waals surface area contributed by atoms with Crippen molar-refractivity contribution in [1.82, 2.24) is 9.80 Å². The first kappa shape index (κ1) is 12.4. The van der Waals surface area contributed by atoms with Crippen molar-refractivity contribution in [2.75, 3.05) is 32.7 Å². The van der Waals surface area contributed by atoms with Crippen molar-refractivity contribution in [3.8, 4) is 0 Å². The molecule has 0 aromatic rings. The summed E-state index contributed by atoms with van der Waals surface area (Å²) in [4.78, 5) is 16.1. The topological polar surface area (TPSA) is 49.6 Å². The number of hydrogen-bond acceptors (Lipinski definition) is 3. The van der Waals surface area contributed by atoms with Crippen molar-refractivity contribution in [3.05, 3.63) is 0 Å². The van der Waals surface area contributed by atoms with Crippen molar-refractivity contribution < 1.29 is 4.79 Å². The van der Waals surface area contributed by atoms with Gasteiger partial charge < -0.3 is 10.6 Å². The average molecular weight is 229 g/mol. The van der Waals surface area contributed by atoms with E-state index in [1.165, 1.54) is 6.42 Å². The summed E-state index contributed by atoms with van der Waals surface area (Å²) in [6, 6.07) is 0. The molecule has 0 spiro atoms. The lowest BCUT2D eigenvalue weighted by Gasteiger charge is -2.34. The minimum absolute atomic E-state index is 0.0682. The van der Waals surface area contributed by atoms with Gasteiger partial charge in [-0.15, -0.1) is 0 Å². The third-order valence-corrected chi connectivity index (χ3v) is 2.73. The number of nitrogens with two attached hydrogens (primary N) is 1. The Morgan fingerprint density at radius 3 is 2.40 bits per heavy atom. The highest BCUT2D eigenvalue weighted by Gasteiger charge is 2.20. The number of rotatable bonds is 4. The minimum atomic E-state index is 0.0682. The molecule has 1 aliphatic rings. The molecular formula is C10H19N3OS. The second kappa shape index (κ2) is 6.02. The van der Waals surface area contributed by atoms with Crippen molar-refractivity contribution in [3.63, 3.8) is 0 Å². The van der Waals surface area contributed by atoms with E-state index >= 15 is 0 Å². The van der Waals surface area contributed by atoms with E-state index in [9.17, 15) is 4.79 Å². The number of nitrogens with zero attached hydrogens (tertiary/aromatic N) is 2. The maximum atomic E-state index is 11.6. The van der Waals surface area contributed by atoms with Gasteiger partial charge >= 0.3 is 0 Å². The van der Waals surface area contributed by atoms with E-state index in [2.05, 4.69) is 11.8 Å². The van der Waals surface area contributed by atoms with Crippen LogP contribution in [0.25, 0.3) is 0 Å². The summed E-state index contributed by atoms with van der Waals surface area (Å²) >= 11 is 4.73. The molecule has 1 rings (SSSR count). The van der Waals surface area contributed by atoms with E-state index in [1.807, 2.05) is 4.90 Å². The van der Waals surface area contributed by atoms with Crippen molar-refractivity contribution in [1.29, 1.82) is 0 Å². The number of hydrogen-bond donors (Lipinski definition) is 1. The van der Waals surface area contributed by atoms with Gasteiger partial charge in [-0.2, -0.15) is 0 Å². The first-order chi connectivity index (χ1) is 7.13. The Kier molecular flexibility index (Phi) is 4.98. The molecule has 1 saturated heterocycles. The highest BCUT2D eigenvalue weighted by atomic mass is 32.1. The summed E-state index contributed by atoms with van der Waals surface area (Å²) in [6.45, 7) is 6.85. The van der Waals surface area contributed by atoms with Gasteiger partial charge in [0, 0.05) is 26.2 Å². The maximum absolute atomic E-state index is 11.6. The van der Waals surface area contributed by atoms with E-state index in [4.69, 9.17) is 18.0 Å². The summed E-state index contributed by atoms with van der Waals surface area (Å²) in [5.74, 6) is 0.0682. The van der Waals surface area contributed by atoms with Gasteiger partial charge in [-0.05, 0) is 13.0 Å². The first-order valence-corrected chi connectivity index (χ1v) is 5.82. The fourth-order valence-electron chi connectivity index (χ4n) is 1.80. The largest absolute Gasteiger partial charge is 0.393 e. The smallest absolute Gasteiger partial charge is 0.229 e. The Labute approximate surface area is 96.4 Å². The van der Waals surface area contributed by atoms with Crippen LogP contribution < -0.4 is 5.73 Å². The molecule has 0 aromatic heterocycles. The van der Waals surface area contributed by atoms with Crippen LogP contribution in [0.1, 0.15) is 19.8 Å². The van der Waals surface area contributed by atoms with Crippen LogP contribution in [-0.2, 0) is 4.79 Å². The zero-order valence-electron chi connectivity index (χ0n) is 9.24. The van der Waals surface area contributed by atoms with Crippen molar-refractivity contribution in [2.45, 2.75) is 19.8 Å². The molecule has 1 heterocycles. The molecule has 1 aliphatic heterocycles. The van der Waals surface area contributed by atoms with Crippen LogP contribution >= 0.6 is 12.2 Å². The maximum Gasteiger partial charge on any atom is 0.229 e. The fourth-order valence-corrected chi connectivity index (χ4v) is 1.92. The summed E-state index contributed by atoms with van der Waals surface area (Å²) in [7, 11) is 0. The molecule has 5 heteroatoms. The van der Waals surface area contributed by atoms with Crippen molar-refractivity contribution >= 4 is 23.1 Å².